The summed E-state index contributed by atoms with van der Waals surface area (Å²) in [6, 6.07) is 1.19. The Labute approximate surface area is 117 Å². The van der Waals surface area contributed by atoms with Gasteiger partial charge in [-0.3, -0.25) is 0 Å². The number of hydrogen-bond acceptors (Lipinski definition) is 5. The third kappa shape index (κ3) is 2.98. The lowest BCUT2D eigenvalue weighted by atomic mass is 10.2. The molecule has 0 aliphatic heterocycles. The fourth-order valence-electron chi connectivity index (χ4n) is 1.50. The van der Waals surface area contributed by atoms with Crippen molar-refractivity contribution in [3.63, 3.8) is 0 Å². The van der Waals surface area contributed by atoms with E-state index in [1.54, 1.807) is 0 Å². The van der Waals surface area contributed by atoms with Gasteiger partial charge in [0.25, 0.3) is 0 Å². The van der Waals surface area contributed by atoms with E-state index in [0.29, 0.717) is 6.20 Å². The van der Waals surface area contributed by atoms with Crippen LogP contribution in [0.2, 0.25) is 0 Å². The van der Waals surface area contributed by atoms with Gasteiger partial charge in [-0.25, -0.2) is 18.4 Å². The van der Waals surface area contributed by atoms with E-state index in [-0.39, 0.29) is 21.3 Å². The molecule has 9 heteroatoms. The summed E-state index contributed by atoms with van der Waals surface area (Å²) in [5, 5.41) is 1.29. The molecule has 20 heavy (non-hydrogen) atoms. The molecule has 0 aromatic carbocycles. The minimum absolute atomic E-state index is 0.0260. The van der Waals surface area contributed by atoms with E-state index < -0.39 is 21.6 Å². The van der Waals surface area contributed by atoms with Crippen LogP contribution in [-0.2, 0) is 16.0 Å². The van der Waals surface area contributed by atoms with Gasteiger partial charge in [0.1, 0.15) is 11.4 Å². The molecule has 0 saturated carbocycles. The second-order valence-electron chi connectivity index (χ2n) is 4.10. The molecular weight excluding hydrogens is 313 g/mol. The maximum absolute atomic E-state index is 12.9. The van der Waals surface area contributed by atoms with Gasteiger partial charge in [0, 0.05) is 17.8 Å². The van der Waals surface area contributed by atoms with Crippen LogP contribution in [-0.4, -0.2) is 24.6 Å². The van der Waals surface area contributed by atoms with Gasteiger partial charge in [-0.15, -0.1) is 11.3 Å². The molecule has 2 heterocycles. The Hall–Kier alpha value is -1.48. The van der Waals surface area contributed by atoms with Gasteiger partial charge in [-0.1, -0.05) is 0 Å². The Morgan fingerprint density at radius 1 is 1.30 bits per heavy atom. The fraction of sp³-hybridized carbons (Fsp3) is 0.273. The molecule has 0 spiro atoms. The summed E-state index contributed by atoms with van der Waals surface area (Å²) in [5.74, 6) is 0.183. The van der Waals surface area contributed by atoms with E-state index in [9.17, 15) is 21.6 Å². The third-order valence-corrected chi connectivity index (χ3v) is 4.63. The van der Waals surface area contributed by atoms with Crippen molar-refractivity contribution >= 4 is 21.2 Å². The van der Waals surface area contributed by atoms with Crippen molar-refractivity contribution in [1.29, 1.82) is 0 Å². The molecule has 108 valence electrons. The Morgan fingerprint density at radius 3 is 2.45 bits per heavy atom. The minimum Gasteiger partial charge on any atom is -0.241 e. The van der Waals surface area contributed by atoms with Gasteiger partial charge in [0.2, 0.25) is 0 Å². The van der Waals surface area contributed by atoms with E-state index in [4.69, 9.17) is 0 Å². The molecule has 0 bridgehead atoms. The summed E-state index contributed by atoms with van der Waals surface area (Å²) in [7, 11) is -3.46. The average Bonchev–Trinajstić information content (AvgIpc) is 2.75. The van der Waals surface area contributed by atoms with Crippen molar-refractivity contribution in [2.24, 2.45) is 0 Å². The molecule has 2 rings (SSSR count). The quantitative estimate of drug-likeness (QED) is 0.853. The van der Waals surface area contributed by atoms with Crippen LogP contribution in [0.25, 0.3) is 10.6 Å². The summed E-state index contributed by atoms with van der Waals surface area (Å²) in [4.78, 5) is 7.45. The molecule has 0 amide bonds. The van der Waals surface area contributed by atoms with E-state index in [0.717, 1.165) is 17.6 Å². The first-order chi connectivity index (χ1) is 9.09. The summed E-state index contributed by atoms with van der Waals surface area (Å²) in [6.45, 7) is 1.47. The molecule has 0 aliphatic rings. The molecule has 0 unspecified atom stereocenters. The largest absolute Gasteiger partial charge is 0.420 e. The first-order valence-electron chi connectivity index (χ1n) is 5.29. The highest BCUT2D eigenvalue weighted by Gasteiger charge is 2.35. The van der Waals surface area contributed by atoms with Crippen LogP contribution in [0.4, 0.5) is 13.2 Å². The summed E-state index contributed by atoms with van der Waals surface area (Å²) in [6.07, 6.45) is -2.90. The molecule has 0 fully saturated rings. The highest BCUT2D eigenvalue weighted by Crippen LogP contribution is 2.38. The zero-order valence-electron chi connectivity index (χ0n) is 10.4. The van der Waals surface area contributed by atoms with E-state index in [1.165, 1.54) is 18.4 Å². The highest BCUT2D eigenvalue weighted by molar-refractivity contribution is 7.90. The lowest BCUT2D eigenvalue weighted by Crippen LogP contribution is -2.10. The normalized spacial score (nSPS) is 12.7. The molecule has 2 aromatic heterocycles. The number of hydrogen-bond donors (Lipinski definition) is 0. The van der Waals surface area contributed by atoms with Crippen molar-refractivity contribution in [2.45, 2.75) is 18.0 Å². The molecule has 2 aromatic rings. The van der Waals surface area contributed by atoms with Crippen molar-refractivity contribution in [3.8, 4) is 10.6 Å². The zero-order chi connectivity index (χ0) is 15.1. The predicted molar refractivity (Wildman–Crippen MR) is 68.2 cm³/mol. The van der Waals surface area contributed by atoms with Crippen molar-refractivity contribution in [3.05, 3.63) is 29.0 Å². The summed E-state index contributed by atoms with van der Waals surface area (Å²) >= 11 is 0.899. The fourth-order valence-corrected chi connectivity index (χ4v) is 3.53. The molecule has 0 saturated heterocycles. The second-order valence-corrected chi connectivity index (χ2v) is 7.02. The van der Waals surface area contributed by atoms with E-state index in [1.807, 2.05) is 0 Å². The number of halogens is 3. The van der Waals surface area contributed by atoms with Crippen LogP contribution in [0.15, 0.2) is 22.5 Å². The Bertz CT molecular complexity index is 751. The molecule has 0 radical (unpaired) electrons. The van der Waals surface area contributed by atoms with E-state index in [2.05, 4.69) is 9.97 Å². The smallest absolute Gasteiger partial charge is 0.241 e. The second kappa shape index (κ2) is 4.81. The first kappa shape index (κ1) is 14.9. The molecular formula is C11H9F3N2O2S2. The van der Waals surface area contributed by atoms with Crippen LogP contribution in [0.5, 0.6) is 0 Å². The van der Waals surface area contributed by atoms with Gasteiger partial charge in [-0.2, -0.15) is 13.2 Å². The van der Waals surface area contributed by atoms with Gasteiger partial charge in [-0.05, 0) is 13.0 Å². The van der Waals surface area contributed by atoms with Crippen LogP contribution in [0.3, 0.4) is 0 Å². The third-order valence-electron chi connectivity index (χ3n) is 2.45. The van der Waals surface area contributed by atoms with Crippen molar-refractivity contribution < 1.29 is 21.6 Å². The SMILES string of the molecule is Cc1ncc(C(F)(F)F)c(-c2cc(S(C)(=O)=O)cs2)n1. The van der Waals surface area contributed by atoms with Gasteiger partial charge >= 0.3 is 6.18 Å². The number of aryl methyl sites for hydroxylation is 1. The Kier molecular flexibility index (Phi) is 3.59. The standard InChI is InChI=1S/C11H9F3N2O2S2/c1-6-15-4-8(11(12,13)14)10(16-6)9-3-7(5-19-9)20(2,17)18/h3-5H,1-2H3. The topological polar surface area (TPSA) is 59.9 Å². The van der Waals surface area contributed by atoms with Crippen molar-refractivity contribution in [2.75, 3.05) is 6.26 Å². The average molecular weight is 322 g/mol. The lowest BCUT2D eigenvalue weighted by molar-refractivity contribution is -0.137. The number of nitrogens with zero attached hydrogens (tertiary/aromatic N) is 2. The van der Waals surface area contributed by atoms with E-state index >= 15 is 0 Å². The Balaban J connectivity index is 2.63. The molecule has 4 nitrogen and oxygen atoms in total. The predicted octanol–water partition coefficient (Wildman–Crippen LogP) is 2.94. The summed E-state index contributed by atoms with van der Waals surface area (Å²) in [5.41, 5.74) is -1.28. The molecule has 0 atom stereocenters. The van der Waals surface area contributed by atoms with Crippen LogP contribution >= 0.6 is 11.3 Å². The van der Waals surface area contributed by atoms with Crippen molar-refractivity contribution in [1.82, 2.24) is 9.97 Å². The number of alkyl halides is 3. The number of thiophene rings is 1. The zero-order valence-corrected chi connectivity index (χ0v) is 12.0. The number of aromatic nitrogens is 2. The molecule has 0 N–H and O–H groups in total. The van der Waals surface area contributed by atoms with Crippen LogP contribution < -0.4 is 0 Å². The number of rotatable bonds is 2. The first-order valence-corrected chi connectivity index (χ1v) is 8.06. The summed E-state index contributed by atoms with van der Waals surface area (Å²) < 4.78 is 61.5. The van der Waals surface area contributed by atoms with Gasteiger partial charge in [0.15, 0.2) is 9.84 Å². The van der Waals surface area contributed by atoms with Crippen LogP contribution in [0, 0.1) is 6.92 Å². The van der Waals surface area contributed by atoms with Crippen LogP contribution in [0.1, 0.15) is 11.4 Å². The monoisotopic (exact) mass is 322 g/mol. The molecule has 0 aliphatic carbocycles. The lowest BCUT2D eigenvalue weighted by Gasteiger charge is -2.10. The Morgan fingerprint density at radius 2 is 1.95 bits per heavy atom. The minimum atomic E-state index is -4.60. The van der Waals surface area contributed by atoms with Gasteiger partial charge < -0.3 is 0 Å². The number of sulfone groups is 1. The maximum atomic E-state index is 12.9. The maximum Gasteiger partial charge on any atom is 0.420 e. The van der Waals surface area contributed by atoms with Gasteiger partial charge in [0.05, 0.1) is 15.5 Å². The highest BCUT2D eigenvalue weighted by atomic mass is 32.2.